The zero-order valence-corrected chi connectivity index (χ0v) is 24.2. The molecule has 216 valence electrons. The minimum absolute atomic E-state index is 0.00558. The van der Waals surface area contributed by atoms with Gasteiger partial charge < -0.3 is 9.88 Å². The van der Waals surface area contributed by atoms with E-state index in [1.807, 2.05) is 6.07 Å². The van der Waals surface area contributed by atoms with Crippen LogP contribution in [0.15, 0.2) is 23.1 Å². The molecule has 2 saturated carbocycles. The molecule has 2 aliphatic carbocycles. The molecule has 5 rings (SSSR count). The standard InChI is InChI=1S/C29H42F2N4O3S/c1-28(2,3)27-33-24-16-23(8-9-25(24)35(27)19-21-10-12-29(30,31)13-11-21)39(37,38)34-14-4-5-22(18-34)15-26(36)32-17-20-6-7-20/h8-9,16,20-22H,4-7,10-15,17-19H2,1-3H3,(H,32,36)/t22-/m1/s1. The van der Waals surface area contributed by atoms with Crippen LogP contribution in [0.2, 0.25) is 0 Å². The van der Waals surface area contributed by atoms with Crippen molar-refractivity contribution < 1.29 is 22.0 Å². The number of nitrogens with zero attached hydrogens (tertiary/aromatic N) is 3. The third-order valence-electron chi connectivity index (χ3n) is 8.55. The van der Waals surface area contributed by atoms with Crippen molar-refractivity contribution in [3.63, 3.8) is 0 Å². The molecule has 3 fully saturated rings. The first kappa shape index (κ1) is 28.5. The van der Waals surface area contributed by atoms with E-state index in [1.54, 1.807) is 12.1 Å². The number of hydrogen-bond acceptors (Lipinski definition) is 4. The molecule has 1 aromatic carbocycles. The monoisotopic (exact) mass is 564 g/mol. The minimum atomic E-state index is -3.75. The number of halogens is 2. The molecule has 7 nitrogen and oxygen atoms in total. The van der Waals surface area contributed by atoms with Gasteiger partial charge in [-0.1, -0.05) is 20.8 Å². The maximum atomic E-state index is 13.7. The summed E-state index contributed by atoms with van der Waals surface area (Å²) in [5.41, 5.74) is 1.15. The van der Waals surface area contributed by atoms with E-state index < -0.39 is 15.9 Å². The van der Waals surface area contributed by atoms with Crippen LogP contribution in [0.25, 0.3) is 11.0 Å². The Morgan fingerprint density at radius 3 is 2.46 bits per heavy atom. The zero-order valence-electron chi connectivity index (χ0n) is 23.4. The van der Waals surface area contributed by atoms with Crippen LogP contribution in [0.3, 0.4) is 0 Å². The molecule has 2 heterocycles. The van der Waals surface area contributed by atoms with Crippen molar-refractivity contribution in [2.45, 2.75) is 101 Å². The van der Waals surface area contributed by atoms with E-state index in [1.165, 1.54) is 17.1 Å². The molecule has 0 bridgehead atoms. The Kier molecular flexibility index (Phi) is 7.83. The van der Waals surface area contributed by atoms with Gasteiger partial charge in [0.05, 0.1) is 15.9 Å². The maximum absolute atomic E-state index is 13.7. The highest BCUT2D eigenvalue weighted by atomic mass is 32.2. The molecule has 1 saturated heterocycles. The number of rotatable bonds is 8. The molecular formula is C29H42F2N4O3S. The lowest BCUT2D eigenvalue weighted by atomic mass is 9.86. The topological polar surface area (TPSA) is 84.3 Å². The second-order valence-electron chi connectivity index (χ2n) is 13.1. The van der Waals surface area contributed by atoms with Gasteiger partial charge in [-0.25, -0.2) is 22.2 Å². The van der Waals surface area contributed by atoms with E-state index in [9.17, 15) is 22.0 Å². The number of benzene rings is 1. The summed E-state index contributed by atoms with van der Waals surface area (Å²) >= 11 is 0. The van der Waals surface area contributed by atoms with Crippen molar-refractivity contribution in [1.29, 1.82) is 0 Å². The van der Waals surface area contributed by atoms with E-state index in [0.717, 1.165) is 30.7 Å². The average molecular weight is 565 g/mol. The summed E-state index contributed by atoms with van der Waals surface area (Å²) in [5.74, 6) is -0.974. The molecule has 0 unspecified atom stereocenters. The van der Waals surface area contributed by atoms with Gasteiger partial charge in [0.15, 0.2) is 0 Å². The number of amides is 1. The molecular weight excluding hydrogens is 522 g/mol. The van der Waals surface area contributed by atoms with Gasteiger partial charge >= 0.3 is 0 Å². The summed E-state index contributed by atoms with van der Waals surface area (Å²) in [7, 11) is -3.75. The summed E-state index contributed by atoms with van der Waals surface area (Å²) in [6.07, 6.45) is 5.04. The molecule has 10 heteroatoms. The predicted octanol–water partition coefficient (Wildman–Crippen LogP) is 5.48. The first-order chi connectivity index (χ1) is 18.3. The van der Waals surface area contributed by atoms with Crippen molar-refractivity contribution >= 4 is 27.0 Å². The van der Waals surface area contributed by atoms with E-state index in [-0.39, 0.29) is 40.9 Å². The summed E-state index contributed by atoms with van der Waals surface area (Å²) < 4.78 is 58.4. The lowest BCUT2D eigenvalue weighted by Crippen LogP contribution is -2.41. The second-order valence-corrected chi connectivity index (χ2v) is 15.0. The van der Waals surface area contributed by atoms with Crippen LogP contribution in [0, 0.1) is 17.8 Å². The normalized spacial score (nSPS) is 23.3. The molecule has 1 atom stereocenters. The van der Waals surface area contributed by atoms with Crippen molar-refractivity contribution in [1.82, 2.24) is 19.2 Å². The van der Waals surface area contributed by atoms with E-state index in [2.05, 4.69) is 30.7 Å². The maximum Gasteiger partial charge on any atom is 0.248 e. The van der Waals surface area contributed by atoms with E-state index in [4.69, 9.17) is 4.98 Å². The SMILES string of the molecule is CC(C)(C)c1nc2cc(S(=O)(=O)N3CCC[C@H](CC(=O)NCC4CC4)C3)ccc2n1CC1CCC(F)(F)CC1. The molecule has 0 spiro atoms. The Morgan fingerprint density at radius 1 is 1.08 bits per heavy atom. The molecule has 0 radical (unpaired) electrons. The fourth-order valence-electron chi connectivity index (χ4n) is 6.04. The molecule has 1 amide bonds. The highest BCUT2D eigenvalue weighted by Gasteiger charge is 2.36. The number of piperidine rings is 1. The average Bonchev–Trinajstić information content (AvgIpc) is 3.63. The first-order valence-corrected chi connectivity index (χ1v) is 15.9. The zero-order chi connectivity index (χ0) is 28.0. The van der Waals surface area contributed by atoms with Crippen molar-refractivity contribution in [2.75, 3.05) is 19.6 Å². The van der Waals surface area contributed by atoms with Crippen LogP contribution in [-0.4, -0.2) is 53.7 Å². The number of imidazole rings is 1. The Bertz CT molecular complexity index is 1300. The number of fused-ring (bicyclic) bond motifs is 1. The fraction of sp³-hybridized carbons (Fsp3) is 0.724. The Hall–Kier alpha value is -2.07. The number of aromatic nitrogens is 2. The van der Waals surface area contributed by atoms with Crippen LogP contribution in [0.1, 0.15) is 84.4 Å². The predicted molar refractivity (Wildman–Crippen MR) is 147 cm³/mol. The number of sulfonamides is 1. The lowest BCUT2D eigenvalue weighted by Gasteiger charge is -2.31. The third kappa shape index (κ3) is 6.64. The summed E-state index contributed by atoms with van der Waals surface area (Å²) in [6, 6.07) is 5.11. The molecule has 2 aromatic rings. The number of carbonyl (C=O) groups excluding carboxylic acids is 1. The van der Waals surface area contributed by atoms with Crippen molar-refractivity contribution in [3.05, 3.63) is 24.0 Å². The van der Waals surface area contributed by atoms with Crippen LogP contribution in [0.4, 0.5) is 8.78 Å². The van der Waals surface area contributed by atoms with Crippen LogP contribution in [-0.2, 0) is 26.8 Å². The van der Waals surface area contributed by atoms with Crippen LogP contribution in [0.5, 0.6) is 0 Å². The molecule has 1 N–H and O–H groups in total. The van der Waals surface area contributed by atoms with Gasteiger partial charge in [-0.15, -0.1) is 0 Å². The number of alkyl halides is 2. The number of hydrogen-bond donors (Lipinski definition) is 1. The van der Waals surface area contributed by atoms with E-state index in [0.29, 0.717) is 50.3 Å². The van der Waals surface area contributed by atoms with Gasteiger partial charge in [0, 0.05) is 50.9 Å². The van der Waals surface area contributed by atoms with Gasteiger partial charge in [-0.05, 0) is 74.5 Å². The molecule has 1 aromatic heterocycles. The molecule has 39 heavy (non-hydrogen) atoms. The third-order valence-corrected chi connectivity index (χ3v) is 10.4. The van der Waals surface area contributed by atoms with Gasteiger partial charge in [-0.2, -0.15) is 4.31 Å². The first-order valence-electron chi connectivity index (χ1n) is 14.5. The summed E-state index contributed by atoms with van der Waals surface area (Å²) in [6.45, 7) is 8.29. The van der Waals surface area contributed by atoms with Crippen LogP contribution < -0.4 is 5.32 Å². The highest BCUT2D eigenvalue weighted by molar-refractivity contribution is 7.89. The quantitative estimate of drug-likeness (QED) is 0.461. The van der Waals surface area contributed by atoms with Gasteiger partial charge in [0.1, 0.15) is 5.82 Å². The van der Waals surface area contributed by atoms with Crippen molar-refractivity contribution in [3.8, 4) is 0 Å². The second kappa shape index (κ2) is 10.7. The van der Waals surface area contributed by atoms with Gasteiger partial charge in [-0.3, -0.25) is 4.79 Å². The fourth-order valence-corrected chi connectivity index (χ4v) is 7.62. The molecule has 3 aliphatic rings. The van der Waals surface area contributed by atoms with Crippen LogP contribution >= 0.6 is 0 Å². The Balaban J connectivity index is 1.34. The lowest BCUT2D eigenvalue weighted by molar-refractivity contribution is -0.122. The Labute approximate surface area is 230 Å². The van der Waals surface area contributed by atoms with Crippen molar-refractivity contribution in [2.24, 2.45) is 17.8 Å². The van der Waals surface area contributed by atoms with Gasteiger partial charge in [0.2, 0.25) is 21.9 Å². The minimum Gasteiger partial charge on any atom is -0.356 e. The smallest absolute Gasteiger partial charge is 0.248 e. The largest absolute Gasteiger partial charge is 0.356 e. The van der Waals surface area contributed by atoms with E-state index >= 15 is 0 Å². The summed E-state index contributed by atoms with van der Waals surface area (Å²) in [4.78, 5) is 17.5. The van der Waals surface area contributed by atoms with Gasteiger partial charge in [0.25, 0.3) is 0 Å². The number of nitrogens with one attached hydrogen (secondary N) is 1. The Morgan fingerprint density at radius 2 is 1.79 bits per heavy atom. The number of carbonyl (C=O) groups is 1. The summed E-state index contributed by atoms with van der Waals surface area (Å²) in [5, 5.41) is 3.00. The molecule has 1 aliphatic heterocycles. The highest BCUT2D eigenvalue weighted by Crippen LogP contribution is 2.38.